The van der Waals surface area contributed by atoms with Crippen molar-refractivity contribution in [3.63, 3.8) is 0 Å². The zero-order valence-electron chi connectivity index (χ0n) is 12.8. The van der Waals surface area contributed by atoms with Crippen LogP contribution in [-0.4, -0.2) is 55.0 Å². The largest absolute Gasteiger partial charge is 0.355 e. The van der Waals surface area contributed by atoms with Crippen LogP contribution < -0.4 is 5.32 Å². The van der Waals surface area contributed by atoms with Crippen LogP contribution in [0, 0.1) is 0 Å². The van der Waals surface area contributed by atoms with E-state index in [-0.39, 0.29) is 5.91 Å². The van der Waals surface area contributed by atoms with Crippen LogP contribution in [0.5, 0.6) is 0 Å². The van der Waals surface area contributed by atoms with Gasteiger partial charge in [-0.25, -0.2) is 0 Å². The van der Waals surface area contributed by atoms with Crippen molar-refractivity contribution < 1.29 is 4.79 Å². The number of rotatable bonds is 5. The molecular weight excluding hydrogens is 286 g/mol. The Kier molecular flexibility index (Phi) is 6.03. The first-order valence-electron chi connectivity index (χ1n) is 7.59. The molecule has 21 heavy (non-hydrogen) atoms. The zero-order chi connectivity index (χ0) is 15.2. The Labute approximate surface area is 132 Å². The van der Waals surface area contributed by atoms with Gasteiger partial charge in [-0.2, -0.15) is 0 Å². The number of nitrogens with zero attached hydrogens (tertiary/aromatic N) is 2. The minimum Gasteiger partial charge on any atom is -0.355 e. The van der Waals surface area contributed by atoms with E-state index in [0.717, 1.165) is 31.2 Å². The third-order valence-corrected chi connectivity index (χ3v) is 4.40. The van der Waals surface area contributed by atoms with Gasteiger partial charge < -0.3 is 5.32 Å². The topological polar surface area (TPSA) is 35.6 Å². The summed E-state index contributed by atoms with van der Waals surface area (Å²) in [5.74, 6) is 0.116. The van der Waals surface area contributed by atoms with Gasteiger partial charge in [-0.15, -0.1) is 0 Å². The van der Waals surface area contributed by atoms with Crippen molar-refractivity contribution in [3.05, 3.63) is 34.9 Å². The van der Waals surface area contributed by atoms with E-state index in [1.165, 1.54) is 5.56 Å². The molecule has 4 nitrogen and oxygen atoms in total. The summed E-state index contributed by atoms with van der Waals surface area (Å²) in [6, 6.07) is 8.34. The van der Waals surface area contributed by atoms with Crippen molar-refractivity contribution in [2.75, 3.05) is 39.3 Å². The fourth-order valence-corrected chi connectivity index (χ4v) is 3.07. The molecule has 1 saturated heterocycles. The summed E-state index contributed by atoms with van der Waals surface area (Å²) in [7, 11) is 0. The molecule has 0 saturated carbocycles. The molecule has 1 aliphatic heterocycles. The molecule has 1 aromatic rings. The summed E-state index contributed by atoms with van der Waals surface area (Å²) in [5.41, 5.74) is 1.18. The van der Waals surface area contributed by atoms with Gasteiger partial charge in [0.1, 0.15) is 0 Å². The van der Waals surface area contributed by atoms with Crippen molar-refractivity contribution in [2.45, 2.75) is 19.9 Å². The van der Waals surface area contributed by atoms with Crippen molar-refractivity contribution in [3.8, 4) is 0 Å². The fourth-order valence-electron chi connectivity index (χ4n) is 2.78. The van der Waals surface area contributed by atoms with E-state index in [1.54, 1.807) is 0 Å². The molecule has 1 atom stereocenters. The minimum absolute atomic E-state index is 0.116. The number of amides is 1. The Morgan fingerprint density at radius 1 is 1.29 bits per heavy atom. The first-order chi connectivity index (χ1) is 10.1. The second-order valence-corrected chi connectivity index (χ2v) is 5.87. The lowest BCUT2D eigenvalue weighted by atomic mass is 10.1. The number of piperazine rings is 1. The average Bonchev–Trinajstić information content (AvgIpc) is 2.48. The van der Waals surface area contributed by atoms with Gasteiger partial charge in [0.05, 0.1) is 6.54 Å². The fraction of sp³-hybridized carbons (Fsp3) is 0.562. The molecule has 0 spiro atoms. The number of halogens is 1. The van der Waals surface area contributed by atoms with E-state index in [4.69, 9.17) is 11.6 Å². The van der Waals surface area contributed by atoms with Crippen LogP contribution in [0.3, 0.4) is 0 Å². The second-order valence-electron chi connectivity index (χ2n) is 5.46. The third kappa shape index (κ3) is 4.43. The Morgan fingerprint density at radius 3 is 2.57 bits per heavy atom. The highest BCUT2D eigenvalue weighted by Gasteiger charge is 2.23. The summed E-state index contributed by atoms with van der Waals surface area (Å²) < 4.78 is 0. The molecule has 0 aromatic heterocycles. The molecule has 0 radical (unpaired) electrons. The summed E-state index contributed by atoms with van der Waals surface area (Å²) in [6.45, 7) is 9.11. The van der Waals surface area contributed by atoms with E-state index in [1.807, 2.05) is 25.1 Å². The van der Waals surface area contributed by atoms with Gasteiger partial charge >= 0.3 is 0 Å². The van der Waals surface area contributed by atoms with Crippen molar-refractivity contribution in [1.82, 2.24) is 15.1 Å². The molecular formula is C16H24ClN3O. The van der Waals surface area contributed by atoms with Crippen LogP contribution in [0.25, 0.3) is 0 Å². The summed E-state index contributed by atoms with van der Waals surface area (Å²) in [5, 5.41) is 3.68. The smallest absolute Gasteiger partial charge is 0.234 e. The lowest BCUT2D eigenvalue weighted by molar-refractivity contribution is -0.122. The first kappa shape index (κ1) is 16.3. The van der Waals surface area contributed by atoms with Crippen molar-refractivity contribution in [1.29, 1.82) is 0 Å². The molecule has 5 heteroatoms. The average molecular weight is 310 g/mol. The lowest BCUT2D eigenvalue weighted by Crippen LogP contribution is -2.49. The molecule has 1 unspecified atom stereocenters. The van der Waals surface area contributed by atoms with E-state index in [9.17, 15) is 4.79 Å². The molecule has 1 heterocycles. The molecule has 1 N–H and O–H groups in total. The highest BCUT2D eigenvalue weighted by Crippen LogP contribution is 2.27. The molecule has 1 amide bonds. The number of nitrogens with one attached hydrogen (secondary N) is 1. The molecule has 116 valence electrons. The Morgan fingerprint density at radius 2 is 1.95 bits per heavy atom. The first-order valence-corrected chi connectivity index (χ1v) is 7.97. The van der Waals surface area contributed by atoms with Gasteiger partial charge in [0.25, 0.3) is 0 Å². The van der Waals surface area contributed by atoms with Gasteiger partial charge in [-0.3, -0.25) is 14.6 Å². The molecule has 2 rings (SSSR count). The summed E-state index contributed by atoms with van der Waals surface area (Å²) in [6.07, 6.45) is 0. The predicted octanol–water partition coefficient (Wildman–Crippen LogP) is 2.15. The Balaban J connectivity index is 1.86. The standard InChI is InChI=1S/C16H24ClN3O/c1-3-18-16(21)12-19-8-10-20(11-9-19)13(2)14-6-4-5-7-15(14)17/h4-7,13H,3,8-12H2,1-2H3,(H,18,21). The van der Waals surface area contributed by atoms with Gasteiger partial charge in [-0.05, 0) is 25.5 Å². The maximum absolute atomic E-state index is 11.6. The summed E-state index contributed by atoms with van der Waals surface area (Å²) >= 11 is 6.28. The zero-order valence-corrected chi connectivity index (χ0v) is 13.6. The number of likely N-dealkylation sites (N-methyl/N-ethyl adjacent to an activating group) is 1. The van der Waals surface area contributed by atoms with E-state index in [0.29, 0.717) is 19.1 Å². The number of hydrogen-bond donors (Lipinski definition) is 1. The third-order valence-electron chi connectivity index (χ3n) is 4.05. The summed E-state index contributed by atoms with van der Waals surface area (Å²) in [4.78, 5) is 16.2. The van der Waals surface area contributed by atoms with E-state index in [2.05, 4.69) is 28.1 Å². The van der Waals surface area contributed by atoms with E-state index < -0.39 is 0 Å². The van der Waals surface area contributed by atoms with Gasteiger partial charge in [0.2, 0.25) is 5.91 Å². The molecule has 0 bridgehead atoms. The normalized spacial score (nSPS) is 18.4. The Hall–Kier alpha value is -1.10. The highest BCUT2D eigenvalue weighted by molar-refractivity contribution is 6.31. The molecule has 1 fully saturated rings. The Bertz CT molecular complexity index is 472. The molecule has 1 aliphatic rings. The van der Waals surface area contributed by atoms with Crippen molar-refractivity contribution >= 4 is 17.5 Å². The maximum Gasteiger partial charge on any atom is 0.234 e. The quantitative estimate of drug-likeness (QED) is 0.905. The monoisotopic (exact) mass is 309 g/mol. The van der Waals surface area contributed by atoms with Gasteiger partial charge in [0, 0.05) is 43.8 Å². The number of benzene rings is 1. The number of carbonyl (C=O) groups excluding carboxylic acids is 1. The van der Waals surface area contributed by atoms with Gasteiger partial charge in [-0.1, -0.05) is 29.8 Å². The van der Waals surface area contributed by atoms with Crippen LogP contribution in [0.2, 0.25) is 5.02 Å². The maximum atomic E-state index is 11.6. The number of carbonyl (C=O) groups is 1. The highest BCUT2D eigenvalue weighted by atomic mass is 35.5. The van der Waals surface area contributed by atoms with Crippen LogP contribution in [0.1, 0.15) is 25.5 Å². The molecule has 0 aliphatic carbocycles. The van der Waals surface area contributed by atoms with Crippen LogP contribution >= 0.6 is 11.6 Å². The van der Waals surface area contributed by atoms with Crippen LogP contribution in [0.4, 0.5) is 0 Å². The number of hydrogen-bond acceptors (Lipinski definition) is 3. The van der Waals surface area contributed by atoms with Crippen LogP contribution in [0.15, 0.2) is 24.3 Å². The minimum atomic E-state index is 0.116. The van der Waals surface area contributed by atoms with E-state index >= 15 is 0 Å². The second kappa shape index (κ2) is 7.78. The predicted molar refractivity (Wildman–Crippen MR) is 86.6 cm³/mol. The lowest BCUT2D eigenvalue weighted by Gasteiger charge is -2.38. The van der Waals surface area contributed by atoms with Gasteiger partial charge in [0.15, 0.2) is 0 Å². The van der Waals surface area contributed by atoms with Crippen LogP contribution in [-0.2, 0) is 4.79 Å². The SMILES string of the molecule is CCNC(=O)CN1CCN(C(C)c2ccccc2Cl)CC1. The molecule has 1 aromatic carbocycles. The van der Waals surface area contributed by atoms with Crippen molar-refractivity contribution in [2.24, 2.45) is 0 Å².